The number of likely N-dealkylation sites (tertiary alicyclic amines) is 1. The number of nitrogens with one attached hydrogen (secondary N) is 3. The van der Waals surface area contributed by atoms with Crippen molar-refractivity contribution in [2.24, 2.45) is 11.8 Å². The second-order valence-corrected chi connectivity index (χ2v) is 12.0. The van der Waals surface area contributed by atoms with E-state index in [-0.39, 0.29) is 35.7 Å². The van der Waals surface area contributed by atoms with E-state index >= 15 is 0 Å². The van der Waals surface area contributed by atoms with E-state index in [1.54, 1.807) is 4.90 Å². The van der Waals surface area contributed by atoms with E-state index in [0.29, 0.717) is 37.9 Å². The van der Waals surface area contributed by atoms with Crippen molar-refractivity contribution >= 4 is 23.4 Å². The monoisotopic (exact) mass is 481 g/mol. The molecule has 3 heterocycles. The van der Waals surface area contributed by atoms with Crippen LogP contribution >= 0.6 is 0 Å². The molecule has 0 radical (unpaired) electrons. The number of carbonyl (C=O) groups is 3. The van der Waals surface area contributed by atoms with Crippen LogP contribution in [0.3, 0.4) is 0 Å². The molecule has 1 aromatic rings. The van der Waals surface area contributed by atoms with Crippen molar-refractivity contribution in [3.8, 4) is 0 Å². The summed E-state index contributed by atoms with van der Waals surface area (Å²) < 4.78 is 0. The van der Waals surface area contributed by atoms with E-state index in [9.17, 15) is 14.4 Å². The molecule has 1 aliphatic carbocycles. The van der Waals surface area contributed by atoms with Gasteiger partial charge in [-0.15, -0.1) is 0 Å². The van der Waals surface area contributed by atoms with Gasteiger partial charge in [-0.2, -0.15) is 0 Å². The summed E-state index contributed by atoms with van der Waals surface area (Å²) in [5.74, 6) is 0.698. The zero-order valence-corrected chi connectivity index (χ0v) is 21.4. The molecule has 3 aliphatic heterocycles. The number of rotatable bonds is 3. The van der Waals surface area contributed by atoms with Gasteiger partial charge in [0.05, 0.1) is 5.41 Å². The molecule has 8 heteroatoms. The van der Waals surface area contributed by atoms with Crippen molar-refractivity contribution in [2.45, 2.75) is 76.8 Å². The number of anilines is 1. The number of fused-ring (bicyclic) bond motifs is 3. The number of piperidine rings is 1. The Bertz CT molecular complexity index is 1020. The maximum atomic E-state index is 13.9. The maximum absolute atomic E-state index is 13.9. The Morgan fingerprint density at radius 2 is 1.91 bits per heavy atom. The number of hydrogen-bond donors (Lipinski definition) is 3. The van der Waals surface area contributed by atoms with Gasteiger partial charge in [0.1, 0.15) is 6.54 Å². The summed E-state index contributed by atoms with van der Waals surface area (Å²) in [4.78, 5) is 43.8. The molecule has 1 spiro atoms. The summed E-state index contributed by atoms with van der Waals surface area (Å²) in [6.07, 6.45) is 4.10. The van der Waals surface area contributed by atoms with Gasteiger partial charge in [0.15, 0.2) is 0 Å². The summed E-state index contributed by atoms with van der Waals surface area (Å²) >= 11 is 0. The summed E-state index contributed by atoms with van der Waals surface area (Å²) in [5, 5.41) is 2.98. The average molecular weight is 482 g/mol. The van der Waals surface area contributed by atoms with Crippen LogP contribution in [0.5, 0.6) is 0 Å². The van der Waals surface area contributed by atoms with Gasteiger partial charge in [-0.25, -0.2) is 0 Å². The molecule has 1 aromatic carbocycles. The first kappa shape index (κ1) is 24.3. The second-order valence-electron chi connectivity index (χ2n) is 12.0. The lowest BCUT2D eigenvalue weighted by atomic mass is 9.71. The second kappa shape index (κ2) is 8.89. The molecule has 3 fully saturated rings. The SMILES string of the molecule is Cc1cccc2c1C1(CCN(C(=O)C3CCC4NNCC4C3)CC1)C(=O)N2CC(=O)NC(C)(C)C. The van der Waals surface area contributed by atoms with Crippen molar-refractivity contribution in [3.05, 3.63) is 29.3 Å². The molecule has 8 nitrogen and oxygen atoms in total. The topological polar surface area (TPSA) is 93.8 Å². The minimum Gasteiger partial charge on any atom is -0.350 e. The fraction of sp³-hybridized carbons (Fsp3) is 0.667. The highest BCUT2D eigenvalue weighted by Crippen LogP contribution is 2.49. The van der Waals surface area contributed by atoms with Crippen LogP contribution in [0.1, 0.15) is 64.0 Å². The van der Waals surface area contributed by atoms with Crippen molar-refractivity contribution in [3.63, 3.8) is 0 Å². The Labute approximate surface area is 208 Å². The lowest BCUT2D eigenvalue weighted by molar-refractivity contribution is -0.140. The lowest BCUT2D eigenvalue weighted by Gasteiger charge is -2.41. The maximum Gasteiger partial charge on any atom is 0.240 e. The predicted molar refractivity (Wildman–Crippen MR) is 135 cm³/mol. The summed E-state index contributed by atoms with van der Waals surface area (Å²) in [6, 6.07) is 6.45. The van der Waals surface area contributed by atoms with Crippen molar-refractivity contribution in [2.75, 3.05) is 31.1 Å². The van der Waals surface area contributed by atoms with E-state index in [1.807, 2.05) is 50.8 Å². The predicted octanol–water partition coefficient (Wildman–Crippen LogP) is 2.01. The number of benzene rings is 1. The molecule has 3 atom stereocenters. The molecular weight excluding hydrogens is 442 g/mol. The molecule has 1 saturated carbocycles. The quantitative estimate of drug-likeness (QED) is 0.614. The highest BCUT2D eigenvalue weighted by atomic mass is 16.2. The fourth-order valence-electron chi connectivity index (χ4n) is 6.79. The van der Waals surface area contributed by atoms with Gasteiger partial charge < -0.3 is 15.1 Å². The van der Waals surface area contributed by atoms with E-state index in [4.69, 9.17) is 0 Å². The number of hydrazine groups is 1. The van der Waals surface area contributed by atoms with Gasteiger partial charge in [0, 0.05) is 42.8 Å². The third-order valence-electron chi connectivity index (χ3n) is 8.40. The van der Waals surface area contributed by atoms with Gasteiger partial charge in [0.2, 0.25) is 17.7 Å². The zero-order valence-electron chi connectivity index (χ0n) is 21.4. The highest BCUT2D eigenvalue weighted by molar-refractivity contribution is 6.11. The molecule has 3 amide bonds. The largest absolute Gasteiger partial charge is 0.350 e. The first-order chi connectivity index (χ1) is 16.6. The van der Waals surface area contributed by atoms with Crippen molar-refractivity contribution < 1.29 is 14.4 Å². The van der Waals surface area contributed by atoms with Crippen LogP contribution in [-0.2, 0) is 19.8 Å². The van der Waals surface area contributed by atoms with Gasteiger partial charge in [-0.1, -0.05) is 12.1 Å². The molecule has 35 heavy (non-hydrogen) atoms. The first-order valence-corrected chi connectivity index (χ1v) is 13.1. The molecule has 0 aromatic heterocycles. The smallest absolute Gasteiger partial charge is 0.240 e. The molecule has 3 N–H and O–H groups in total. The van der Waals surface area contributed by atoms with E-state index < -0.39 is 5.41 Å². The Morgan fingerprint density at radius 1 is 1.17 bits per heavy atom. The third-order valence-corrected chi connectivity index (χ3v) is 8.40. The normalized spacial score (nSPS) is 27.7. The van der Waals surface area contributed by atoms with Gasteiger partial charge in [0.25, 0.3) is 0 Å². The van der Waals surface area contributed by atoms with Crippen LogP contribution in [0, 0.1) is 18.8 Å². The Kier molecular flexibility index (Phi) is 6.16. The van der Waals surface area contributed by atoms with Crippen molar-refractivity contribution in [1.82, 2.24) is 21.1 Å². The molecule has 4 aliphatic rings. The van der Waals surface area contributed by atoms with Crippen LogP contribution in [0.25, 0.3) is 0 Å². The minimum absolute atomic E-state index is 0.00145. The Morgan fingerprint density at radius 3 is 2.63 bits per heavy atom. The molecule has 0 bridgehead atoms. The zero-order chi connectivity index (χ0) is 25.0. The van der Waals surface area contributed by atoms with Crippen LogP contribution in [-0.4, -0.2) is 60.4 Å². The fourth-order valence-corrected chi connectivity index (χ4v) is 6.79. The number of carbonyl (C=O) groups excluding carboxylic acids is 3. The lowest BCUT2D eigenvalue weighted by Crippen LogP contribution is -2.53. The number of hydrogen-bond acceptors (Lipinski definition) is 5. The number of amides is 3. The molecule has 3 unspecified atom stereocenters. The van der Waals surface area contributed by atoms with Gasteiger partial charge in [-0.3, -0.25) is 25.2 Å². The third kappa shape index (κ3) is 4.35. The number of aryl methyl sites for hydroxylation is 1. The molecule has 5 rings (SSSR count). The van der Waals surface area contributed by atoms with Crippen LogP contribution in [0.15, 0.2) is 18.2 Å². The average Bonchev–Trinajstić information content (AvgIpc) is 3.36. The van der Waals surface area contributed by atoms with Crippen LogP contribution in [0.4, 0.5) is 5.69 Å². The molecule has 2 saturated heterocycles. The summed E-state index contributed by atoms with van der Waals surface area (Å²) in [5.41, 5.74) is 8.53. The van der Waals surface area contributed by atoms with Crippen molar-refractivity contribution in [1.29, 1.82) is 0 Å². The van der Waals surface area contributed by atoms with Gasteiger partial charge >= 0.3 is 0 Å². The number of nitrogens with zero attached hydrogens (tertiary/aromatic N) is 2. The van der Waals surface area contributed by atoms with E-state index in [1.165, 1.54) is 0 Å². The Balaban J connectivity index is 1.32. The summed E-state index contributed by atoms with van der Waals surface area (Å²) in [7, 11) is 0. The first-order valence-electron chi connectivity index (χ1n) is 13.1. The Hall–Kier alpha value is -2.45. The standard InChI is InChI=1S/C27H39N5O3/c1-17-6-5-7-21-23(17)27(25(35)32(21)16-22(33)29-26(2,3)4)10-12-31(13-11-27)24(34)18-8-9-20-19(14-18)15-28-30-20/h5-7,18-20,28,30H,8-16H2,1-4H3,(H,29,33). The minimum atomic E-state index is -0.656. The summed E-state index contributed by atoms with van der Waals surface area (Å²) in [6.45, 7) is 9.99. The van der Waals surface area contributed by atoms with E-state index in [2.05, 4.69) is 16.2 Å². The molecular formula is C27H39N5O3. The van der Waals surface area contributed by atoms with Crippen LogP contribution < -0.4 is 21.1 Å². The van der Waals surface area contributed by atoms with E-state index in [0.717, 1.165) is 42.6 Å². The van der Waals surface area contributed by atoms with Crippen LogP contribution in [0.2, 0.25) is 0 Å². The van der Waals surface area contributed by atoms with Gasteiger partial charge in [-0.05, 0) is 82.9 Å². The molecule has 190 valence electrons. The highest BCUT2D eigenvalue weighted by Gasteiger charge is 2.54.